The van der Waals surface area contributed by atoms with E-state index in [1.54, 1.807) is 6.92 Å². The van der Waals surface area contributed by atoms with Gasteiger partial charge in [0.15, 0.2) is 0 Å². The molecule has 0 bridgehead atoms. The molecule has 2 aliphatic heterocycles. The van der Waals surface area contributed by atoms with E-state index in [1.807, 2.05) is 18.2 Å². The molecule has 2 saturated heterocycles. The molecule has 0 aliphatic carbocycles. The van der Waals surface area contributed by atoms with Crippen molar-refractivity contribution in [2.45, 2.75) is 38.6 Å². The van der Waals surface area contributed by atoms with Crippen molar-refractivity contribution in [1.82, 2.24) is 20.0 Å². The second-order valence-corrected chi connectivity index (χ2v) is 8.36. The van der Waals surface area contributed by atoms with Gasteiger partial charge in [0.25, 0.3) is 11.5 Å². The zero-order chi connectivity index (χ0) is 22.8. The van der Waals surface area contributed by atoms with Gasteiger partial charge in [0.05, 0.1) is 11.1 Å². The summed E-state index contributed by atoms with van der Waals surface area (Å²) in [5, 5.41) is 16.7. The number of fused-ring (bicyclic) bond motifs is 1. The minimum absolute atomic E-state index is 0.178. The van der Waals surface area contributed by atoms with E-state index >= 15 is 0 Å². The van der Waals surface area contributed by atoms with E-state index in [0.29, 0.717) is 17.5 Å². The van der Waals surface area contributed by atoms with Gasteiger partial charge >= 0.3 is 5.97 Å². The number of aryl methyl sites for hydroxylation is 1. The molecule has 32 heavy (non-hydrogen) atoms. The number of imide groups is 1. The van der Waals surface area contributed by atoms with E-state index in [9.17, 15) is 19.2 Å². The highest BCUT2D eigenvalue weighted by atomic mass is 16.4. The van der Waals surface area contributed by atoms with Crippen molar-refractivity contribution in [1.29, 1.82) is 0 Å². The fraction of sp³-hybridized carbons (Fsp3) is 0.500. The molecule has 2 N–H and O–H groups in total. The Hall–Kier alpha value is -3.27. The summed E-state index contributed by atoms with van der Waals surface area (Å²) in [6, 6.07) is 4.94. The summed E-state index contributed by atoms with van der Waals surface area (Å²) in [6.45, 7) is 5.79. The number of carboxylic acid groups (broad SMARTS) is 1. The van der Waals surface area contributed by atoms with Gasteiger partial charge < -0.3 is 10.0 Å². The summed E-state index contributed by atoms with van der Waals surface area (Å²) in [5.74, 6) is -1.60. The number of anilines is 1. The smallest absolute Gasteiger partial charge is 0.303 e. The van der Waals surface area contributed by atoms with E-state index in [2.05, 4.69) is 20.2 Å². The van der Waals surface area contributed by atoms with Gasteiger partial charge in [0.2, 0.25) is 5.91 Å². The number of hydrogen-bond acceptors (Lipinski definition) is 7. The maximum Gasteiger partial charge on any atom is 0.303 e. The number of amides is 2. The SMILES string of the molecule is Cc1nn(C2CCC(=O)NC2=O)c(=O)c2cc(N3CCN(CCCC(=O)O)CC3)ccc12. The van der Waals surface area contributed by atoms with Gasteiger partial charge in [0, 0.05) is 50.1 Å². The van der Waals surface area contributed by atoms with Crippen LogP contribution in [0, 0.1) is 6.92 Å². The second kappa shape index (κ2) is 9.07. The Kier molecular flexibility index (Phi) is 6.22. The van der Waals surface area contributed by atoms with Crippen molar-refractivity contribution in [2.75, 3.05) is 37.6 Å². The number of piperazine rings is 1. The van der Waals surface area contributed by atoms with Gasteiger partial charge in [-0.2, -0.15) is 5.10 Å². The van der Waals surface area contributed by atoms with Crippen LogP contribution in [0.4, 0.5) is 5.69 Å². The number of benzene rings is 1. The summed E-state index contributed by atoms with van der Waals surface area (Å²) in [6.07, 6.45) is 1.25. The van der Waals surface area contributed by atoms with Gasteiger partial charge in [-0.15, -0.1) is 0 Å². The number of carbonyl (C=O) groups excluding carboxylic acids is 2. The van der Waals surface area contributed by atoms with Gasteiger partial charge in [-0.25, -0.2) is 4.68 Å². The minimum Gasteiger partial charge on any atom is -0.481 e. The number of carboxylic acids is 1. The number of piperidine rings is 1. The molecule has 4 rings (SSSR count). The molecule has 3 heterocycles. The van der Waals surface area contributed by atoms with Gasteiger partial charge in [0.1, 0.15) is 6.04 Å². The average molecular weight is 441 g/mol. The quantitative estimate of drug-likeness (QED) is 0.627. The molecular formula is C22H27N5O5. The normalized spacial score (nSPS) is 19.9. The molecular weight excluding hydrogens is 414 g/mol. The van der Waals surface area contributed by atoms with Crippen LogP contribution < -0.4 is 15.8 Å². The first-order chi connectivity index (χ1) is 15.3. The molecule has 0 radical (unpaired) electrons. The Morgan fingerprint density at radius 3 is 2.59 bits per heavy atom. The van der Waals surface area contributed by atoms with Crippen LogP contribution >= 0.6 is 0 Å². The predicted octanol–water partition coefficient (Wildman–Crippen LogP) is 0.669. The average Bonchev–Trinajstić information content (AvgIpc) is 2.76. The molecule has 2 amide bonds. The molecule has 1 atom stereocenters. The number of aromatic nitrogens is 2. The van der Waals surface area contributed by atoms with E-state index in [4.69, 9.17) is 5.11 Å². The second-order valence-electron chi connectivity index (χ2n) is 8.36. The standard InChI is InChI=1S/C22H27N5O5/c1-14-16-5-4-15(26-11-9-25(10-12-26)8-2-3-20(29)30)13-17(16)22(32)27(24-14)18-6-7-19(28)23-21(18)31/h4-5,13,18H,2-3,6-12H2,1H3,(H,29,30)(H,23,28,31). The summed E-state index contributed by atoms with van der Waals surface area (Å²) in [4.78, 5) is 52.1. The number of nitrogens with one attached hydrogen (secondary N) is 1. The molecule has 1 aromatic carbocycles. The number of hydrogen-bond donors (Lipinski definition) is 2. The molecule has 2 fully saturated rings. The van der Waals surface area contributed by atoms with Gasteiger partial charge in [-0.1, -0.05) is 6.07 Å². The molecule has 10 nitrogen and oxygen atoms in total. The topological polar surface area (TPSA) is 125 Å². The summed E-state index contributed by atoms with van der Waals surface area (Å²) in [7, 11) is 0. The molecule has 170 valence electrons. The van der Waals surface area contributed by atoms with E-state index in [-0.39, 0.29) is 30.7 Å². The van der Waals surface area contributed by atoms with Crippen molar-refractivity contribution in [3.05, 3.63) is 34.2 Å². The maximum absolute atomic E-state index is 13.2. The first-order valence-electron chi connectivity index (χ1n) is 10.9. The molecule has 1 aromatic heterocycles. The zero-order valence-corrected chi connectivity index (χ0v) is 18.0. The lowest BCUT2D eigenvalue weighted by molar-refractivity contribution is -0.138. The van der Waals surface area contributed by atoms with Crippen molar-refractivity contribution in [3.63, 3.8) is 0 Å². The number of aliphatic carboxylic acids is 1. The van der Waals surface area contributed by atoms with Crippen LogP contribution in [0.5, 0.6) is 0 Å². The Labute approximate surface area is 184 Å². The Balaban J connectivity index is 1.54. The fourth-order valence-electron chi connectivity index (χ4n) is 4.42. The molecule has 0 spiro atoms. The summed E-state index contributed by atoms with van der Waals surface area (Å²) in [5.41, 5.74) is 1.24. The van der Waals surface area contributed by atoms with Crippen molar-refractivity contribution < 1.29 is 19.5 Å². The molecule has 0 saturated carbocycles. The zero-order valence-electron chi connectivity index (χ0n) is 18.0. The molecule has 2 aromatic rings. The van der Waals surface area contributed by atoms with E-state index in [1.165, 1.54) is 4.68 Å². The fourth-order valence-corrected chi connectivity index (χ4v) is 4.42. The van der Waals surface area contributed by atoms with Crippen LogP contribution in [0.15, 0.2) is 23.0 Å². The number of nitrogens with zero attached hydrogens (tertiary/aromatic N) is 4. The van der Waals surface area contributed by atoms with Crippen molar-refractivity contribution >= 4 is 34.2 Å². The van der Waals surface area contributed by atoms with Gasteiger partial charge in [-0.05, 0) is 38.4 Å². The van der Waals surface area contributed by atoms with E-state index in [0.717, 1.165) is 43.8 Å². The first-order valence-corrected chi connectivity index (χ1v) is 10.9. The third-order valence-corrected chi connectivity index (χ3v) is 6.20. The lowest BCUT2D eigenvalue weighted by atomic mass is 10.1. The van der Waals surface area contributed by atoms with E-state index < -0.39 is 17.9 Å². The Morgan fingerprint density at radius 2 is 1.91 bits per heavy atom. The summed E-state index contributed by atoms with van der Waals surface area (Å²) >= 11 is 0. The third kappa shape index (κ3) is 4.50. The number of rotatable bonds is 6. The predicted molar refractivity (Wildman–Crippen MR) is 118 cm³/mol. The first kappa shape index (κ1) is 21.9. The highest BCUT2D eigenvalue weighted by Gasteiger charge is 2.30. The van der Waals surface area contributed by atoms with Crippen LogP contribution in [0.3, 0.4) is 0 Å². The van der Waals surface area contributed by atoms with Crippen LogP contribution in [0.25, 0.3) is 10.8 Å². The van der Waals surface area contributed by atoms with Crippen molar-refractivity contribution in [3.8, 4) is 0 Å². The van der Waals surface area contributed by atoms with Crippen molar-refractivity contribution in [2.24, 2.45) is 0 Å². The lowest BCUT2D eigenvalue weighted by Gasteiger charge is -2.36. The maximum atomic E-state index is 13.2. The molecule has 10 heteroatoms. The van der Waals surface area contributed by atoms with Crippen LogP contribution in [-0.2, 0) is 14.4 Å². The molecule has 2 aliphatic rings. The third-order valence-electron chi connectivity index (χ3n) is 6.20. The van der Waals surface area contributed by atoms with Crippen LogP contribution in [-0.4, -0.2) is 70.3 Å². The highest BCUT2D eigenvalue weighted by molar-refractivity contribution is 5.99. The summed E-state index contributed by atoms with van der Waals surface area (Å²) < 4.78 is 1.21. The Morgan fingerprint density at radius 1 is 1.16 bits per heavy atom. The Bertz CT molecular complexity index is 1120. The largest absolute Gasteiger partial charge is 0.481 e. The number of carbonyl (C=O) groups is 3. The minimum atomic E-state index is -0.790. The highest BCUT2D eigenvalue weighted by Crippen LogP contribution is 2.24. The molecule has 1 unspecified atom stereocenters. The van der Waals surface area contributed by atoms with Crippen LogP contribution in [0.2, 0.25) is 0 Å². The lowest BCUT2D eigenvalue weighted by Crippen LogP contribution is -2.46. The van der Waals surface area contributed by atoms with Crippen LogP contribution in [0.1, 0.15) is 37.4 Å². The van der Waals surface area contributed by atoms with Gasteiger partial charge in [-0.3, -0.25) is 29.4 Å². The monoisotopic (exact) mass is 441 g/mol.